The van der Waals surface area contributed by atoms with Crippen LogP contribution < -0.4 is 10.2 Å². The molecule has 1 N–H and O–H groups in total. The Morgan fingerprint density at radius 2 is 2.21 bits per heavy atom. The van der Waals surface area contributed by atoms with Crippen LogP contribution in [0.1, 0.15) is 32.3 Å². The first-order valence-electron chi connectivity index (χ1n) is 9.36. The number of allylic oxidation sites excluding steroid dienone is 1. The zero-order chi connectivity index (χ0) is 19.9. The predicted molar refractivity (Wildman–Crippen MR) is 116 cm³/mol. The van der Waals surface area contributed by atoms with Gasteiger partial charge < -0.3 is 15.1 Å². The highest BCUT2D eigenvalue weighted by Crippen LogP contribution is 2.48. The predicted octanol–water partition coefficient (Wildman–Crippen LogP) is 5.12. The first-order valence-corrected chi connectivity index (χ1v) is 10.9. The number of aromatic nitrogens is 1. The lowest BCUT2D eigenvalue weighted by Crippen LogP contribution is -2.38. The maximum Gasteiger partial charge on any atom is 0.222 e. The van der Waals surface area contributed by atoms with Gasteiger partial charge >= 0.3 is 0 Å². The monoisotopic (exact) mass is 436 g/mol. The van der Waals surface area contributed by atoms with Gasteiger partial charge in [-0.3, -0.25) is 4.79 Å². The second-order valence-corrected chi connectivity index (χ2v) is 9.31. The number of anilines is 2. The summed E-state index contributed by atoms with van der Waals surface area (Å²) >= 11 is 13.8. The number of fused-ring (bicyclic) bond motifs is 2. The van der Waals surface area contributed by atoms with E-state index < -0.39 is 0 Å². The number of thiazole rings is 1. The molecule has 1 fully saturated rings. The van der Waals surface area contributed by atoms with Gasteiger partial charge in [0.25, 0.3) is 0 Å². The molecule has 1 spiro atoms. The molecule has 2 aromatic rings. The first kappa shape index (κ1) is 19.6. The molecular formula is C20H22Cl2N4OS. The van der Waals surface area contributed by atoms with Crippen molar-refractivity contribution in [1.82, 2.24) is 9.88 Å². The van der Waals surface area contributed by atoms with Crippen LogP contribution in [0.15, 0.2) is 36.3 Å². The van der Waals surface area contributed by atoms with Gasteiger partial charge in [0.2, 0.25) is 5.91 Å². The smallest absolute Gasteiger partial charge is 0.222 e. The summed E-state index contributed by atoms with van der Waals surface area (Å²) in [6.45, 7) is 6.22. The van der Waals surface area contributed by atoms with Gasteiger partial charge in [0, 0.05) is 42.2 Å². The second kappa shape index (κ2) is 7.58. The van der Waals surface area contributed by atoms with E-state index in [-0.39, 0.29) is 11.3 Å². The van der Waals surface area contributed by atoms with Crippen molar-refractivity contribution in [3.05, 3.63) is 51.2 Å². The molecule has 0 bridgehead atoms. The molecular weight excluding hydrogens is 415 g/mol. The summed E-state index contributed by atoms with van der Waals surface area (Å²) in [7, 11) is 0. The van der Waals surface area contributed by atoms with Crippen LogP contribution in [0, 0.1) is 0 Å². The largest absolute Gasteiger partial charge is 0.342 e. The van der Waals surface area contributed by atoms with Crippen LogP contribution in [-0.4, -0.2) is 35.4 Å². The summed E-state index contributed by atoms with van der Waals surface area (Å²) in [6.07, 6.45) is 5.15. The molecule has 0 saturated carbocycles. The number of nitrogens with zero attached hydrogens (tertiary/aromatic N) is 3. The molecule has 1 saturated heterocycles. The fraction of sp³-hybridized carbons (Fsp3) is 0.400. The Labute approximate surface area is 178 Å². The summed E-state index contributed by atoms with van der Waals surface area (Å²) in [6, 6.07) is 6.05. The first-order chi connectivity index (χ1) is 13.5. The highest BCUT2D eigenvalue weighted by Gasteiger charge is 2.48. The van der Waals surface area contributed by atoms with Crippen LogP contribution in [0.4, 0.5) is 10.8 Å². The van der Waals surface area contributed by atoms with Crippen molar-refractivity contribution in [2.75, 3.05) is 29.9 Å². The van der Waals surface area contributed by atoms with E-state index in [2.05, 4.69) is 27.3 Å². The zero-order valence-corrected chi connectivity index (χ0v) is 18.2. The number of nitrogens with one attached hydrogen (secondary N) is 1. The number of benzene rings is 1. The molecule has 0 aliphatic carbocycles. The van der Waals surface area contributed by atoms with Crippen molar-refractivity contribution >= 4 is 51.3 Å². The highest BCUT2D eigenvalue weighted by atomic mass is 35.5. The van der Waals surface area contributed by atoms with Gasteiger partial charge in [-0.2, -0.15) is 0 Å². The fourth-order valence-corrected chi connectivity index (χ4v) is 5.22. The third kappa shape index (κ3) is 3.38. The van der Waals surface area contributed by atoms with E-state index in [1.807, 2.05) is 30.9 Å². The number of carbonyl (C=O) groups excluding carboxylic acids is 1. The summed E-state index contributed by atoms with van der Waals surface area (Å²) in [5, 5.41) is 4.87. The van der Waals surface area contributed by atoms with E-state index in [9.17, 15) is 4.79 Å². The molecule has 2 aliphatic rings. The lowest BCUT2D eigenvalue weighted by atomic mass is 9.81. The van der Waals surface area contributed by atoms with Crippen molar-refractivity contribution in [3.8, 4) is 0 Å². The molecule has 0 unspecified atom stereocenters. The number of likely N-dealkylation sites (tertiary alicyclic amines) is 1. The van der Waals surface area contributed by atoms with Gasteiger partial charge in [0.1, 0.15) is 10.2 Å². The van der Waals surface area contributed by atoms with Crippen molar-refractivity contribution in [2.24, 2.45) is 0 Å². The third-order valence-corrected chi connectivity index (χ3v) is 6.83. The summed E-state index contributed by atoms with van der Waals surface area (Å²) in [5.41, 5.74) is 2.23. The van der Waals surface area contributed by atoms with E-state index in [1.54, 1.807) is 6.20 Å². The zero-order valence-electron chi connectivity index (χ0n) is 15.8. The molecule has 148 valence electrons. The molecule has 8 heteroatoms. The van der Waals surface area contributed by atoms with Crippen LogP contribution >= 0.6 is 34.5 Å². The van der Waals surface area contributed by atoms with E-state index in [1.165, 1.54) is 16.9 Å². The lowest BCUT2D eigenvalue weighted by molar-refractivity contribution is -0.129. The van der Waals surface area contributed by atoms with Crippen molar-refractivity contribution < 1.29 is 4.79 Å². The summed E-state index contributed by atoms with van der Waals surface area (Å²) in [4.78, 5) is 20.9. The number of rotatable bonds is 4. The Morgan fingerprint density at radius 3 is 2.89 bits per heavy atom. The van der Waals surface area contributed by atoms with E-state index in [0.29, 0.717) is 10.8 Å². The average Bonchev–Trinajstić information content (AvgIpc) is 3.38. The molecule has 28 heavy (non-hydrogen) atoms. The summed E-state index contributed by atoms with van der Waals surface area (Å²) in [5.74, 6) is 1.16. The Kier molecular flexibility index (Phi) is 5.29. The fourth-order valence-electron chi connectivity index (χ4n) is 4.23. The van der Waals surface area contributed by atoms with E-state index in [4.69, 9.17) is 23.2 Å². The van der Waals surface area contributed by atoms with E-state index in [0.717, 1.165) is 47.7 Å². The van der Waals surface area contributed by atoms with Crippen molar-refractivity contribution in [1.29, 1.82) is 0 Å². The minimum atomic E-state index is -0.110. The van der Waals surface area contributed by atoms with Gasteiger partial charge in [-0.15, -0.1) is 0 Å². The van der Waals surface area contributed by atoms with Gasteiger partial charge in [-0.25, -0.2) is 4.98 Å². The molecule has 0 radical (unpaired) electrons. The molecule has 5 nitrogen and oxygen atoms in total. The molecule has 1 aromatic carbocycles. The Morgan fingerprint density at radius 1 is 1.39 bits per heavy atom. The second-order valence-electron chi connectivity index (χ2n) is 7.22. The van der Waals surface area contributed by atoms with Gasteiger partial charge in [0.05, 0.1) is 6.20 Å². The average molecular weight is 437 g/mol. The molecule has 3 heterocycles. The third-order valence-electron chi connectivity index (χ3n) is 5.57. The minimum absolute atomic E-state index is 0.110. The van der Waals surface area contributed by atoms with Crippen LogP contribution in [0.3, 0.4) is 0 Å². The van der Waals surface area contributed by atoms with E-state index >= 15 is 0 Å². The quantitative estimate of drug-likeness (QED) is 0.721. The topological polar surface area (TPSA) is 48.5 Å². The molecule has 4 rings (SSSR count). The maximum atomic E-state index is 12.3. The normalized spacial score (nSPS) is 21.5. The Balaban J connectivity index is 1.68. The number of hydrogen-bond acceptors (Lipinski definition) is 5. The van der Waals surface area contributed by atoms with Crippen LogP contribution in [0.5, 0.6) is 0 Å². The van der Waals surface area contributed by atoms with Crippen LogP contribution in [-0.2, 0) is 10.2 Å². The molecule has 2 aliphatic heterocycles. The van der Waals surface area contributed by atoms with Gasteiger partial charge in [0.15, 0.2) is 5.13 Å². The Bertz CT molecular complexity index is 944. The number of amides is 1. The summed E-state index contributed by atoms with van der Waals surface area (Å²) < 4.78 is 0.646. The van der Waals surface area contributed by atoms with Crippen LogP contribution in [0.2, 0.25) is 9.36 Å². The minimum Gasteiger partial charge on any atom is -0.342 e. The number of halogens is 2. The number of hydrogen-bond donors (Lipinski definition) is 1. The molecule has 1 aromatic heterocycles. The molecule has 1 amide bonds. The van der Waals surface area contributed by atoms with Gasteiger partial charge in [-0.05, 0) is 43.2 Å². The highest BCUT2D eigenvalue weighted by molar-refractivity contribution is 7.19. The van der Waals surface area contributed by atoms with Crippen molar-refractivity contribution in [2.45, 2.75) is 32.1 Å². The lowest BCUT2D eigenvalue weighted by Gasteiger charge is -2.27. The Hall–Kier alpha value is -1.76. The standard InChI is InChI=1S/C20H22Cl2N4OS/c1-3-17(24-19-23-10-16(22)28-19)26-12-20(7-8-25(11-20)18(27)4-2)14-9-13(21)5-6-15(14)26/h3,5-6,9-10H,4,7-8,11-12H2,1-2H3,(H,23,24)/t20-/m1/s1. The van der Waals surface area contributed by atoms with Crippen LogP contribution in [0.25, 0.3) is 0 Å². The molecule has 1 atom stereocenters. The van der Waals surface area contributed by atoms with Crippen molar-refractivity contribution in [3.63, 3.8) is 0 Å². The van der Waals surface area contributed by atoms with Gasteiger partial charge in [-0.1, -0.05) is 41.5 Å². The number of carbonyl (C=O) groups is 1. The SMILES string of the molecule is CC=C(Nc1ncc(Cl)s1)N1C[C@]2(CCN(C(=O)CC)C2)c2cc(Cl)ccc21. The maximum absolute atomic E-state index is 12.3.